The van der Waals surface area contributed by atoms with E-state index in [1.807, 2.05) is 30.3 Å². The number of benzene rings is 2. The number of aromatic amines is 1. The number of carbonyl (C=O) groups is 1. The van der Waals surface area contributed by atoms with Crippen molar-refractivity contribution >= 4 is 17.5 Å². The number of carbonyl (C=O) groups excluding carboxylic acids is 1. The predicted molar refractivity (Wildman–Crippen MR) is 135 cm³/mol. The van der Waals surface area contributed by atoms with Crippen molar-refractivity contribution in [1.29, 1.82) is 0 Å². The lowest BCUT2D eigenvalue weighted by atomic mass is 10.0. The lowest BCUT2D eigenvalue weighted by molar-refractivity contribution is -0.115. The molecular weight excluding hydrogens is 459 g/mol. The van der Waals surface area contributed by atoms with Crippen LogP contribution in [0.25, 0.3) is 22.6 Å². The van der Waals surface area contributed by atoms with Crippen LogP contribution < -0.4 is 10.2 Å². The van der Waals surface area contributed by atoms with Gasteiger partial charge in [0.2, 0.25) is 17.7 Å². The van der Waals surface area contributed by atoms with E-state index in [2.05, 4.69) is 37.8 Å². The molecule has 0 atom stereocenters. The summed E-state index contributed by atoms with van der Waals surface area (Å²) in [6.07, 6.45) is 3.44. The molecule has 10 heteroatoms. The zero-order valence-electron chi connectivity index (χ0n) is 20.0. The van der Waals surface area contributed by atoms with Crippen molar-refractivity contribution < 1.29 is 9.18 Å². The Morgan fingerprint density at radius 1 is 1.11 bits per heavy atom. The maximum Gasteiger partial charge on any atom is 0.230 e. The minimum Gasteiger partial charge on any atom is -0.341 e. The number of nitrogens with one attached hydrogen (secondary N) is 2. The Morgan fingerprint density at radius 3 is 2.58 bits per heavy atom. The van der Waals surface area contributed by atoms with Gasteiger partial charge >= 0.3 is 0 Å². The van der Waals surface area contributed by atoms with Crippen LogP contribution >= 0.6 is 0 Å². The number of hydrogen-bond acceptors (Lipinski definition) is 7. The second kappa shape index (κ2) is 10.6. The predicted octanol–water partition coefficient (Wildman–Crippen LogP) is 4.27. The molecule has 0 saturated heterocycles. The number of tetrazole rings is 1. The van der Waals surface area contributed by atoms with E-state index in [-0.39, 0.29) is 18.1 Å². The lowest BCUT2D eigenvalue weighted by Gasteiger charge is -2.23. The van der Waals surface area contributed by atoms with Gasteiger partial charge in [0.15, 0.2) is 0 Å². The van der Waals surface area contributed by atoms with Crippen molar-refractivity contribution in [2.24, 2.45) is 5.92 Å². The summed E-state index contributed by atoms with van der Waals surface area (Å²) in [6, 6.07) is 15.2. The Hall–Kier alpha value is -4.21. The molecular formula is C26H27FN8O. The molecule has 0 radical (unpaired) electrons. The minimum atomic E-state index is -0.356. The highest BCUT2D eigenvalue weighted by Crippen LogP contribution is 2.33. The van der Waals surface area contributed by atoms with E-state index >= 15 is 0 Å². The molecule has 1 aliphatic rings. The van der Waals surface area contributed by atoms with E-state index in [0.29, 0.717) is 34.8 Å². The third kappa shape index (κ3) is 5.70. The fourth-order valence-electron chi connectivity index (χ4n) is 4.09. The summed E-state index contributed by atoms with van der Waals surface area (Å²) in [6.45, 7) is 3.85. The molecule has 2 aromatic carbocycles. The first-order valence-electron chi connectivity index (χ1n) is 12.1. The topological polar surface area (TPSA) is 113 Å². The SMILES string of the molecule is CCCN(CC1CC1)c1nc(CC(=O)Nc2ccc(F)cc2)cc(-c2ccccc2-c2nn[nH]n2)n1. The summed E-state index contributed by atoms with van der Waals surface area (Å²) >= 11 is 0. The van der Waals surface area contributed by atoms with Crippen LogP contribution in [0.1, 0.15) is 31.9 Å². The molecule has 1 amide bonds. The zero-order chi connectivity index (χ0) is 24.9. The van der Waals surface area contributed by atoms with Gasteiger partial charge in [0.25, 0.3) is 0 Å². The van der Waals surface area contributed by atoms with Gasteiger partial charge in [-0.25, -0.2) is 14.4 Å². The molecule has 2 N–H and O–H groups in total. The average molecular weight is 487 g/mol. The molecule has 36 heavy (non-hydrogen) atoms. The van der Waals surface area contributed by atoms with Crippen LogP contribution in [0, 0.1) is 11.7 Å². The fourth-order valence-corrected chi connectivity index (χ4v) is 4.09. The van der Waals surface area contributed by atoms with Gasteiger partial charge in [-0.05, 0) is 60.7 Å². The largest absolute Gasteiger partial charge is 0.341 e. The summed E-state index contributed by atoms with van der Waals surface area (Å²) < 4.78 is 13.2. The molecule has 5 rings (SSSR count). The van der Waals surface area contributed by atoms with Crippen LogP contribution in [0.15, 0.2) is 54.6 Å². The molecule has 0 spiro atoms. The summed E-state index contributed by atoms with van der Waals surface area (Å²) in [5.74, 6) is 1.12. The molecule has 0 unspecified atom stereocenters. The standard InChI is InChI=1S/C26H27FN8O/c1-2-13-35(16-17-7-8-17)26-29-20(15-24(36)28-19-11-9-18(27)10-12-19)14-23(30-26)21-5-3-4-6-22(21)25-31-33-34-32-25/h3-6,9-12,14,17H,2,7-8,13,15-16H2,1H3,(H,28,36)(H,31,32,33,34). The fraction of sp³-hybridized carbons (Fsp3) is 0.308. The number of nitrogens with zero attached hydrogens (tertiary/aromatic N) is 6. The second-order valence-corrected chi connectivity index (χ2v) is 8.95. The van der Waals surface area contributed by atoms with Crippen molar-refractivity contribution in [2.45, 2.75) is 32.6 Å². The highest BCUT2D eigenvalue weighted by atomic mass is 19.1. The molecule has 1 aliphatic carbocycles. The van der Waals surface area contributed by atoms with E-state index in [1.165, 1.54) is 37.1 Å². The number of amides is 1. The van der Waals surface area contributed by atoms with Gasteiger partial charge in [0, 0.05) is 29.9 Å². The molecule has 184 valence electrons. The molecule has 9 nitrogen and oxygen atoms in total. The summed E-state index contributed by atoms with van der Waals surface area (Å²) in [7, 11) is 0. The van der Waals surface area contributed by atoms with E-state index in [9.17, 15) is 9.18 Å². The first-order valence-corrected chi connectivity index (χ1v) is 12.1. The second-order valence-electron chi connectivity index (χ2n) is 8.95. The van der Waals surface area contributed by atoms with Crippen molar-refractivity contribution in [2.75, 3.05) is 23.3 Å². The number of H-pyrrole nitrogens is 1. The summed E-state index contributed by atoms with van der Waals surface area (Å²) in [5, 5.41) is 17.3. The van der Waals surface area contributed by atoms with Gasteiger partial charge in [0.05, 0.1) is 17.8 Å². The van der Waals surface area contributed by atoms with E-state index in [0.717, 1.165) is 30.6 Å². The molecule has 4 aromatic rings. The van der Waals surface area contributed by atoms with Gasteiger partial charge in [-0.2, -0.15) is 5.21 Å². The van der Waals surface area contributed by atoms with Crippen molar-refractivity contribution in [3.63, 3.8) is 0 Å². The Labute approximate surface area is 208 Å². The Kier molecular flexibility index (Phi) is 6.92. The maximum absolute atomic E-state index is 13.2. The Bertz CT molecular complexity index is 1320. The van der Waals surface area contributed by atoms with E-state index in [1.54, 1.807) is 0 Å². The summed E-state index contributed by atoms with van der Waals surface area (Å²) in [5.41, 5.74) is 3.41. The smallest absolute Gasteiger partial charge is 0.230 e. The normalized spacial score (nSPS) is 12.9. The zero-order valence-corrected chi connectivity index (χ0v) is 20.0. The van der Waals surface area contributed by atoms with Crippen LogP contribution in [-0.4, -0.2) is 49.6 Å². The first-order chi connectivity index (χ1) is 17.6. The Morgan fingerprint density at radius 2 is 1.89 bits per heavy atom. The average Bonchev–Trinajstić information content (AvgIpc) is 3.53. The molecule has 0 aliphatic heterocycles. The lowest BCUT2D eigenvalue weighted by Crippen LogP contribution is -2.29. The van der Waals surface area contributed by atoms with Crippen LogP contribution in [0.3, 0.4) is 0 Å². The third-order valence-electron chi connectivity index (χ3n) is 5.98. The third-order valence-corrected chi connectivity index (χ3v) is 5.98. The number of anilines is 2. The molecule has 2 aromatic heterocycles. The van der Waals surface area contributed by atoms with Gasteiger partial charge in [-0.1, -0.05) is 31.2 Å². The van der Waals surface area contributed by atoms with Crippen molar-refractivity contribution in [3.8, 4) is 22.6 Å². The number of rotatable bonds is 10. The first kappa shape index (κ1) is 23.5. The summed E-state index contributed by atoms with van der Waals surface area (Å²) in [4.78, 5) is 24.8. The number of halogens is 1. The quantitative estimate of drug-likeness (QED) is 0.344. The number of aromatic nitrogens is 6. The van der Waals surface area contributed by atoms with Crippen molar-refractivity contribution in [1.82, 2.24) is 30.6 Å². The van der Waals surface area contributed by atoms with Crippen LogP contribution in [0.5, 0.6) is 0 Å². The molecule has 2 heterocycles. The highest BCUT2D eigenvalue weighted by Gasteiger charge is 2.26. The maximum atomic E-state index is 13.2. The van der Waals surface area contributed by atoms with E-state index in [4.69, 9.17) is 9.97 Å². The Balaban J connectivity index is 1.50. The van der Waals surface area contributed by atoms with Crippen molar-refractivity contribution in [3.05, 3.63) is 66.1 Å². The number of hydrogen-bond donors (Lipinski definition) is 2. The van der Waals surface area contributed by atoms with Crippen LogP contribution in [0.2, 0.25) is 0 Å². The van der Waals surface area contributed by atoms with Crippen LogP contribution in [-0.2, 0) is 11.2 Å². The molecule has 1 fully saturated rings. The minimum absolute atomic E-state index is 0.0493. The molecule has 1 saturated carbocycles. The van der Waals surface area contributed by atoms with Gasteiger partial charge in [-0.15, -0.1) is 10.2 Å². The van der Waals surface area contributed by atoms with E-state index < -0.39 is 0 Å². The molecule has 0 bridgehead atoms. The van der Waals surface area contributed by atoms with Gasteiger partial charge < -0.3 is 10.2 Å². The monoisotopic (exact) mass is 486 g/mol. The van der Waals surface area contributed by atoms with Gasteiger partial charge in [-0.3, -0.25) is 4.79 Å². The highest BCUT2D eigenvalue weighted by molar-refractivity contribution is 5.92. The van der Waals surface area contributed by atoms with Crippen LogP contribution in [0.4, 0.5) is 16.0 Å². The van der Waals surface area contributed by atoms with Gasteiger partial charge in [0.1, 0.15) is 5.82 Å².